The highest BCUT2D eigenvalue weighted by Gasteiger charge is 2.32. The van der Waals surface area contributed by atoms with E-state index in [1.165, 1.54) is 6.07 Å². The lowest BCUT2D eigenvalue weighted by molar-refractivity contribution is -0.133. The number of benzene rings is 1. The fourth-order valence-electron chi connectivity index (χ4n) is 2.79. The van der Waals surface area contributed by atoms with E-state index in [0.29, 0.717) is 25.2 Å². The van der Waals surface area contributed by atoms with Gasteiger partial charge in [0.05, 0.1) is 17.8 Å². The summed E-state index contributed by atoms with van der Waals surface area (Å²) in [5.41, 5.74) is 0.117. The van der Waals surface area contributed by atoms with Gasteiger partial charge in [-0.25, -0.2) is 8.78 Å². The number of ether oxygens (including phenoxy) is 1. The van der Waals surface area contributed by atoms with Crippen molar-refractivity contribution >= 4 is 0 Å². The van der Waals surface area contributed by atoms with Crippen LogP contribution in [-0.2, 0) is 4.74 Å². The fourth-order valence-corrected chi connectivity index (χ4v) is 2.79. The number of rotatable bonds is 3. The van der Waals surface area contributed by atoms with Gasteiger partial charge in [0.15, 0.2) is 11.6 Å². The molecule has 112 valence electrons. The van der Waals surface area contributed by atoms with Gasteiger partial charge in [0.2, 0.25) is 0 Å². The van der Waals surface area contributed by atoms with E-state index in [-0.39, 0.29) is 11.7 Å². The Morgan fingerprint density at radius 3 is 2.70 bits per heavy atom. The topological polar surface area (TPSA) is 32.7 Å². The van der Waals surface area contributed by atoms with E-state index in [4.69, 9.17) is 4.74 Å². The van der Waals surface area contributed by atoms with Gasteiger partial charge in [0, 0.05) is 19.6 Å². The van der Waals surface area contributed by atoms with Gasteiger partial charge in [-0.05, 0) is 38.5 Å². The molecule has 3 nitrogen and oxygen atoms in total. The summed E-state index contributed by atoms with van der Waals surface area (Å²) in [4.78, 5) is 2.08. The molecule has 2 rings (SSSR count). The minimum absolute atomic E-state index is 0.0795. The Morgan fingerprint density at radius 2 is 2.10 bits per heavy atom. The number of β-amino-alcohol motifs (C(OH)–C–C–N with tert-alkyl or cyclic N) is 1. The molecular formula is C15H21F2NO2. The SMILES string of the molecule is C[C@H]1CN(C[C@H](O)c2ccc(F)c(F)c2)CC(C)(C)O1. The number of aliphatic hydroxyl groups excluding tert-OH is 1. The zero-order valence-corrected chi connectivity index (χ0v) is 12.1. The van der Waals surface area contributed by atoms with E-state index in [2.05, 4.69) is 4.90 Å². The molecule has 1 aliphatic rings. The molecule has 1 saturated heterocycles. The van der Waals surface area contributed by atoms with Gasteiger partial charge in [-0.15, -0.1) is 0 Å². The summed E-state index contributed by atoms with van der Waals surface area (Å²) in [6.45, 7) is 7.77. The molecule has 0 saturated carbocycles. The average molecular weight is 285 g/mol. The Hall–Kier alpha value is -1.04. The summed E-state index contributed by atoms with van der Waals surface area (Å²) in [6, 6.07) is 3.51. The first-order chi connectivity index (χ1) is 9.27. The summed E-state index contributed by atoms with van der Waals surface area (Å²) >= 11 is 0. The zero-order valence-electron chi connectivity index (χ0n) is 12.1. The largest absolute Gasteiger partial charge is 0.387 e. The molecule has 0 bridgehead atoms. The second-order valence-electron chi connectivity index (χ2n) is 6.07. The van der Waals surface area contributed by atoms with E-state index in [1.54, 1.807) is 0 Å². The van der Waals surface area contributed by atoms with Crippen molar-refractivity contribution in [1.29, 1.82) is 0 Å². The van der Waals surface area contributed by atoms with Crippen LogP contribution < -0.4 is 0 Å². The number of morpholine rings is 1. The normalized spacial score (nSPS) is 24.6. The van der Waals surface area contributed by atoms with Crippen molar-refractivity contribution in [3.8, 4) is 0 Å². The molecular weight excluding hydrogens is 264 g/mol. The quantitative estimate of drug-likeness (QED) is 0.926. The van der Waals surface area contributed by atoms with E-state index < -0.39 is 17.7 Å². The smallest absolute Gasteiger partial charge is 0.159 e. The molecule has 0 radical (unpaired) electrons. The summed E-state index contributed by atoms with van der Waals surface area (Å²) in [6.07, 6.45) is -0.762. The molecule has 1 fully saturated rings. The second-order valence-corrected chi connectivity index (χ2v) is 6.07. The van der Waals surface area contributed by atoms with E-state index in [1.807, 2.05) is 20.8 Å². The van der Waals surface area contributed by atoms with Crippen molar-refractivity contribution in [1.82, 2.24) is 4.90 Å². The van der Waals surface area contributed by atoms with Gasteiger partial charge in [-0.1, -0.05) is 6.07 Å². The molecule has 20 heavy (non-hydrogen) atoms. The standard InChI is InChI=1S/C15H21F2NO2/c1-10-7-18(9-15(2,3)20-10)8-14(19)11-4-5-12(16)13(17)6-11/h4-6,10,14,19H,7-9H2,1-3H3/t10-,14-/m0/s1. The first kappa shape index (κ1) is 15.4. The van der Waals surface area contributed by atoms with Gasteiger partial charge in [-0.2, -0.15) is 0 Å². The predicted molar refractivity (Wildman–Crippen MR) is 72.4 cm³/mol. The zero-order chi connectivity index (χ0) is 14.9. The number of hydrogen-bond acceptors (Lipinski definition) is 3. The van der Waals surface area contributed by atoms with Crippen LogP contribution in [-0.4, -0.2) is 41.3 Å². The Bertz CT molecular complexity index is 479. The highest BCUT2D eigenvalue weighted by atomic mass is 19.2. The predicted octanol–water partition coefficient (Wildman–Crippen LogP) is 2.50. The molecule has 0 unspecified atom stereocenters. The van der Waals surface area contributed by atoms with Gasteiger partial charge in [0.25, 0.3) is 0 Å². The summed E-state index contributed by atoms with van der Waals surface area (Å²) in [7, 11) is 0. The lowest BCUT2D eigenvalue weighted by Crippen LogP contribution is -2.52. The van der Waals surface area contributed by atoms with E-state index >= 15 is 0 Å². The number of hydrogen-bond donors (Lipinski definition) is 1. The molecule has 1 aliphatic heterocycles. The van der Waals surface area contributed by atoms with Crippen LogP contribution in [0.2, 0.25) is 0 Å². The minimum atomic E-state index is -0.933. The fraction of sp³-hybridized carbons (Fsp3) is 0.600. The molecule has 0 amide bonds. The maximum absolute atomic E-state index is 13.2. The second kappa shape index (κ2) is 5.76. The lowest BCUT2D eigenvalue weighted by Gasteiger charge is -2.42. The van der Waals surface area contributed by atoms with Gasteiger partial charge < -0.3 is 9.84 Å². The molecule has 0 spiro atoms. The number of nitrogens with zero attached hydrogens (tertiary/aromatic N) is 1. The Kier molecular flexibility index (Phi) is 4.42. The first-order valence-corrected chi connectivity index (χ1v) is 6.80. The third-order valence-electron chi connectivity index (χ3n) is 3.40. The minimum Gasteiger partial charge on any atom is -0.387 e. The lowest BCUT2D eigenvalue weighted by atomic mass is 10.0. The van der Waals surface area contributed by atoms with Crippen LogP contribution in [0.25, 0.3) is 0 Å². The maximum Gasteiger partial charge on any atom is 0.159 e. The average Bonchev–Trinajstić information content (AvgIpc) is 2.29. The van der Waals surface area contributed by atoms with Crippen LogP contribution >= 0.6 is 0 Å². The summed E-state index contributed by atoms with van der Waals surface area (Å²) in [5, 5.41) is 10.2. The van der Waals surface area contributed by atoms with Gasteiger partial charge >= 0.3 is 0 Å². The Morgan fingerprint density at radius 1 is 1.40 bits per heavy atom. The van der Waals surface area contributed by atoms with Crippen LogP contribution in [0.1, 0.15) is 32.4 Å². The molecule has 1 aromatic carbocycles. The molecule has 1 N–H and O–H groups in total. The van der Waals surface area contributed by atoms with Crippen LogP contribution in [0.15, 0.2) is 18.2 Å². The number of aliphatic hydroxyl groups is 1. The van der Waals surface area contributed by atoms with Crippen LogP contribution in [0.5, 0.6) is 0 Å². The molecule has 1 aromatic rings. The Balaban J connectivity index is 2.03. The van der Waals surface area contributed by atoms with Crippen molar-refractivity contribution < 1.29 is 18.6 Å². The molecule has 1 heterocycles. The first-order valence-electron chi connectivity index (χ1n) is 6.80. The molecule has 5 heteroatoms. The van der Waals surface area contributed by atoms with Crippen LogP contribution in [0.4, 0.5) is 8.78 Å². The van der Waals surface area contributed by atoms with Gasteiger partial charge in [0.1, 0.15) is 0 Å². The van der Waals surface area contributed by atoms with Crippen molar-refractivity contribution in [2.75, 3.05) is 19.6 Å². The molecule has 0 aromatic heterocycles. The van der Waals surface area contributed by atoms with Crippen molar-refractivity contribution in [2.24, 2.45) is 0 Å². The van der Waals surface area contributed by atoms with Crippen LogP contribution in [0, 0.1) is 11.6 Å². The molecule has 2 atom stereocenters. The van der Waals surface area contributed by atoms with E-state index in [9.17, 15) is 13.9 Å². The third kappa shape index (κ3) is 3.75. The summed E-state index contributed by atoms with van der Waals surface area (Å²) < 4.78 is 31.9. The van der Waals surface area contributed by atoms with Crippen LogP contribution in [0.3, 0.4) is 0 Å². The highest BCUT2D eigenvalue weighted by molar-refractivity contribution is 5.20. The van der Waals surface area contributed by atoms with Crippen molar-refractivity contribution in [3.63, 3.8) is 0 Å². The van der Waals surface area contributed by atoms with Gasteiger partial charge in [-0.3, -0.25) is 4.90 Å². The maximum atomic E-state index is 13.2. The summed E-state index contributed by atoms with van der Waals surface area (Å²) in [5.74, 6) is -1.83. The van der Waals surface area contributed by atoms with Crippen molar-refractivity contribution in [3.05, 3.63) is 35.4 Å². The van der Waals surface area contributed by atoms with Crippen molar-refractivity contribution in [2.45, 2.75) is 38.6 Å². The monoisotopic (exact) mass is 285 g/mol. The number of halogens is 2. The third-order valence-corrected chi connectivity index (χ3v) is 3.40. The highest BCUT2D eigenvalue weighted by Crippen LogP contribution is 2.24. The van der Waals surface area contributed by atoms with E-state index in [0.717, 1.165) is 12.1 Å². The Labute approximate surface area is 118 Å². The molecule has 0 aliphatic carbocycles.